The number of nitriles is 1. The minimum absolute atomic E-state index is 0.0106. The van der Waals surface area contributed by atoms with Crippen LogP contribution in [0.25, 0.3) is 16.0 Å². The lowest BCUT2D eigenvalue weighted by molar-refractivity contribution is 0.0955. The van der Waals surface area contributed by atoms with Crippen molar-refractivity contribution in [3.05, 3.63) is 46.6 Å². The van der Waals surface area contributed by atoms with Gasteiger partial charge in [0.2, 0.25) is 0 Å². The van der Waals surface area contributed by atoms with E-state index in [1.807, 2.05) is 35.8 Å². The molecule has 2 aromatic heterocycles. The van der Waals surface area contributed by atoms with Gasteiger partial charge in [-0.15, -0.1) is 11.3 Å². The van der Waals surface area contributed by atoms with E-state index >= 15 is 0 Å². The summed E-state index contributed by atoms with van der Waals surface area (Å²) in [5, 5.41) is 13.2. The van der Waals surface area contributed by atoms with Crippen LogP contribution in [-0.4, -0.2) is 21.5 Å². The maximum Gasteiger partial charge on any atom is 0.261 e. The Morgan fingerprint density at radius 1 is 1.39 bits per heavy atom. The summed E-state index contributed by atoms with van der Waals surface area (Å²) in [5.41, 5.74) is 2.15. The standard InChI is InChI=1S/C17H14N4OS/c1-10-19-16-11(9-18)3-2-4-13(16)21(10)15-8-7-14(23-15)17(22)20-12-5-6-12/h2-4,7-8,12H,5-6H2,1H3,(H,20,22). The minimum atomic E-state index is -0.0106. The first-order valence-electron chi connectivity index (χ1n) is 7.46. The van der Waals surface area contributed by atoms with Crippen molar-refractivity contribution in [2.45, 2.75) is 25.8 Å². The van der Waals surface area contributed by atoms with Crippen molar-refractivity contribution in [2.75, 3.05) is 0 Å². The molecule has 1 saturated carbocycles. The smallest absolute Gasteiger partial charge is 0.261 e. The molecule has 1 fully saturated rings. The van der Waals surface area contributed by atoms with Gasteiger partial charge in [0.15, 0.2) is 0 Å². The number of carbonyl (C=O) groups is 1. The Hall–Kier alpha value is -2.65. The topological polar surface area (TPSA) is 70.7 Å². The summed E-state index contributed by atoms with van der Waals surface area (Å²) in [5.74, 6) is 0.794. The van der Waals surface area contributed by atoms with Crippen LogP contribution in [0.1, 0.15) is 33.9 Å². The third-order valence-corrected chi connectivity index (χ3v) is 4.99. The lowest BCUT2D eigenvalue weighted by Crippen LogP contribution is -2.24. The molecular weight excluding hydrogens is 308 g/mol. The zero-order valence-electron chi connectivity index (χ0n) is 12.5. The molecule has 1 amide bonds. The van der Waals surface area contributed by atoms with Gasteiger partial charge in [0.1, 0.15) is 22.4 Å². The molecule has 1 aromatic carbocycles. The number of benzene rings is 1. The number of fused-ring (bicyclic) bond motifs is 1. The van der Waals surface area contributed by atoms with Crippen molar-refractivity contribution >= 4 is 28.3 Å². The predicted molar refractivity (Wildman–Crippen MR) is 88.9 cm³/mol. The molecule has 1 aliphatic carbocycles. The summed E-state index contributed by atoms with van der Waals surface area (Å²) in [6.45, 7) is 1.91. The second-order valence-electron chi connectivity index (χ2n) is 5.67. The minimum Gasteiger partial charge on any atom is -0.349 e. The van der Waals surface area contributed by atoms with E-state index in [2.05, 4.69) is 16.4 Å². The van der Waals surface area contributed by atoms with Crippen molar-refractivity contribution < 1.29 is 4.79 Å². The number of thiophene rings is 1. The van der Waals surface area contributed by atoms with Crippen LogP contribution < -0.4 is 5.32 Å². The van der Waals surface area contributed by atoms with Gasteiger partial charge in [0, 0.05) is 6.04 Å². The lowest BCUT2D eigenvalue weighted by Gasteiger charge is -2.03. The molecule has 0 bridgehead atoms. The van der Waals surface area contributed by atoms with Gasteiger partial charge in [0.05, 0.1) is 16.0 Å². The van der Waals surface area contributed by atoms with E-state index < -0.39 is 0 Å². The molecule has 0 spiro atoms. The highest BCUT2D eigenvalue weighted by molar-refractivity contribution is 7.16. The molecule has 0 unspecified atom stereocenters. The SMILES string of the molecule is Cc1nc2c(C#N)cccc2n1-c1ccc(C(=O)NC2CC2)s1. The molecule has 3 aromatic rings. The second-order valence-corrected chi connectivity index (χ2v) is 6.73. The van der Waals surface area contributed by atoms with Gasteiger partial charge in [-0.2, -0.15) is 5.26 Å². The van der Waals surface area contributed by atoms with Crippen LogP contribution in [0.2, 0.25) is 0 Å². The number of hydrogen-bond acceptors (Lipinski definition) is 4. The molecular formula is C17H14N4OS. The number of hydrogen-bond donors (Lipinski definition) is 1. The van der Waals surface area contributed by atoms with Gasteiger partial charge in [0.25, 0.3) is 5.91 Å². The van der Waals surface area contributed by atoms with Crippen LogP contribution in [0.4, 0.5) is 0 Å². The van der Waals surface area contributed by atoms with Gasteiger partial charge in [-0.3, -0.25) is 9.36 Å². The van der Waals surface area contributed by atoms with E-state index in [0.29, 0.717) is 22.0 Å². The van der Waals surface area contributed by atoms with Crippen LogP contribution >= 0.6 is 11.3 Å². The molecule has 1 aliphatic rings. The number of aromatic nitrogens is 2. The molecule has 0 saturated heterocycles. The Morgan fingerprint density at radius 3 is 2.96 bits per heavy atom. The maximum atomic E-state index is 12.2. The fraction of sp³-hybridized carbons (Fsp3) is 0.235. The number of rotatable bonds is 3. The van der Waals surface area contributed by atoms with E-state index in [-0.39, 0.29) is 5.91 Å². The number of nitrogens with one attached hydrogen (secondary N) is 1. The summed E-state index contributed by atoms with van der Waals surface area (Å²) in [4.78, 5) is 17.4. The predicted octanol–water partition coefficient (Wildman–Crippen LogP) is 3.16. The second kappa shape index (κ2) is 5.21. The molecule has 23 heavy (non-hydrogen) atoms. The third kappa shape index (κ3) is 2.39. The highest BCUT2D eigenvalue weighted by atomic mass is 32.1. The summed E-state index contributed by atoms with van der Waals surface area (Å²) in [7, 11) is 0. The van der Waals surface area contributed by atoms with Gasteiger partial charge >= 0.3 is 0 Å². The molecule has 0 radical (unpaired) electrons. The number of amides is 1. The van der Waals surface area contributed by atoms with Gasteiger partial charge < -0.3 is 5.32 Å². The number of carbonyl (C=O) groups excluding carboxylic acids is 1. The summed E-state index contributed by atoms with van der Waals surface area (Å²) in [6.07, 6.45) is 2.15. The largest absolute Gasteiger partial charge is 0.349 e. The monoisotopic (exact) mass is 322 g/mol. The molecule has 6 heteroatoms. The number of imidazole rings is 1. The molecule has 5 nitrogen and oxygen atoms in total. The van der Waals surface area contributed by atoms with E-state index in [1.54, 1.807) is 6.07 Å². The average molecular weight is 322 g/mol. The Labute approximate surface area is 137 Å². The Bertz CT molecular complexity index is 959. The molecule has 0 atom stereocenters. The number of nitrogens with zero attached hydrogens (tertiary/aromatic N) is 3. The van der Waals surface area contributed by atoms with Gasteiger partial charge in [-0.1, -0.05) is 6.07 Å². The first-order chi connectivity index (χ1) is 11.2. The quantitative estimate of drug-likeness (QED) is 0.805. The fourth-order valence-electron chi connectivity index (χ4n) is 2.64. The van der Waals surface area contributed by atoms with E-state index in [9.17, 15) is 10.1 Å². The lowest BCUT2D eigenvalue weighted by atomic mass is 10.2. The number of aryl methyl sites for hydroxylation is 1. The zero-order valence-corrected chi connectivity index (χ0v) is 13.4. The first-order valence-corrected chi connectivity index (χ1v) is 8.28. The van der Waals surface area contributed by atoms with Crippen LogP contribution in [0, 0.1) is 18.3 Å². The zero-order chi connectivity index (χ0) is 16.0. The highest BCUT2D eigenvalue weighted by Gasteiger charge is 2.24. The maximum absolute atomic E-state index is 12.2. The fourth-order valence-corrected chi connectivity index (χ4v) is 3.61. The molecule has 4 rings (SSSR count). The highest BCUT2D eigenvalue weighted by Crippen LogP contribution is 2.29. The normalized spacial score (nSPS) is 13.9. The van der Waals surface area contributed by atoms with Crippen LogP contribution in [0.15, 0.2) is 30.3 Å². The van der Waals surface area contributed by atoms with Gasteiger partial charge in [-0.05, 0) is 44.0 Å². The Morgan fingerprint density at radius 2 is 2.22 bits per heavy atom. The summed E-state index contributed by atoms with van der Waals surface area (Å²) >= 11 is 1.44. The number of para-hydroxylation sites is 1. The average Bonchev–Trinajstić information content (AvgIpc) is 3.10. The van der Waals surface area contributed by atoms with Crippen molar-refractivity contribution in [3.63, 3.8) is 0 Å². The molecule has 0 aliphatic heterocycles. The molecule has 114 valence electrons. The Kier molecular flexibility index (Phi) is 3.17. The summed E-state index contributed by atoms with van der Waals surface area (Å²) < 4.78 is 1.99. The van der Waals surface area contributed by atoms with Crippen molar-refractivity contribution in [1.82, 2.24) is 14.9 Å². The first kappa shape index (κ1) is 14.0. The third-order valence-electron chi connectivity index (χ3n) is 3.92. The van der Waals surface area contributed by atoms with Crippen LogP contribution in [0.5, 0.6) is 0 Å². The van der Waals surface area contributed by atoms with Gasteiger partial charge in [-0.25, -0.2) is 4.98 Å². The van der Waals surface area contributed by atoms with Crippen molar-refractivity contribution in [1.29, 1.82) is 5.26 Å². The van der Waals surface area contributed by atoms with Crippen LogP contribution in [-0.2, 0) is 0 Å². The van der Waals surface area contributed by atoms with Crippen LogP contribution in [0.3, 0.4) is 0 Å². The van der Waals surface area contributed by atoms with E-state index in [4.69, 9.17) is 0 Å². The van der Waals surface area contributed by atoms with E-state index in [0.717, 1.165) is 29.2 Å². The molecule has 2 heterocycles. The van der Waals surface area contributed by atoms with Crippen molar-refractivity contribution in [2.24, 2.45) is 0 Å². The molecule has 1 N–H and O–H groups in total. The van der Waals surface area contributed by atoms with Crippen molar-refractivity contribution in [3.8, 4) is 11.1 Å². The summed E-state index contributed by atoms with van der Waals surface area (Å²) in [6, 6.07) is 11.9. The Balaban J connectivity index is 1.77. The van der Waals surface area contributed by atoms with E-state index in [1.165, 1.54) is 11.3 Å².